The first-order chi connectivity index (χ1) is 11.1. The van der Waals surface area contributed by atoms with Crippen molar-refractivity contribution in [2.75, 3.05) is 10.6 Å². The van der Waals surface area contributed by atoms with Crippen molar-refractivity contribution in [3.63, 3.8) is 0 Å². The van der Waals surface area contributed by atoms with Gasteiger partial charge in [0.25, 0.3) is 0 Å². The summed E-state index contributed by atoms with van der Waals surface area (Å²) in [6.07, 6.45) is 0. The molecule has 1 amide bonds. The van der Waals surface area contributed by atoms with Gasteiger partial charge in [0.05, 0.1) is 5.69 Å². The lowest BCUT2D eigenvalue weighted by atomic mass is 10.1. The van der Waals surface area contributed by atoms with Crippen molar-refractivity contribution in [2.45, 2.75) is 6.92 Å². The highest BCUT2D eigenvalue weighted by molar-refractivity contribution is 8.93. The van der Waals surface area contributed by atoms with Crippen molar-refractivity contribution >= 4 is 50.7 Å². The van der Waals surface area contributed by atoms with Crippen LogP contribution in [0.4, 0.5) is 16.5 Å². The predicted molar refractivity (Wildman–Crippen MR) is 104 cm³/mol. The summed E-state index contributed by atoms with van der Waals surface area (Å²) in [5.74, 6) is 0.140. The minimum Gasteiger partial charge on any atom is -0.508 e. The maximum atomic E-state index is 11.0. The highest BCUT2D eigenvalue weighted by atomic mass is 79.9. The van der Waals surface area contributed by atoms with Crippen LogP contribution in [0.2, 0.25) is 0 Å². The van der Waals surface area contributed by atoms with Gasteiger partial charge >= 0.3 is 0 Å². The van der Waals surface area contributed by atoms with Gasteiger partial charge in [0, 0.05) is 29.2 Å². The third-order valence-corrected chi connectivity index (χ3v) is 3.88. The Morgan fingerprint density at radius 3 is 2.29 bits per heavy atom. The number of phenols is 1. The predicted octanol–water partition coefficient (Wildman–Crippen LogP) is 4.80. The van der Waals surface area contributed by atoms with Crippen LogP contribution in [0.3, 0.4) is 0 Å². The van der Waals surface area contributed by atoms with E-state index in [0.717, 1.165) is 27.8 Å². The quantitative estimate of drug-likeness (QED) is 0.545. The number of carbonyl (C=O) groups is 1. The van der Waals surface area contributed by atoms with E-state index in [4.69, 9.17) is 0 Å². The maximum Gasteiger partial charge on any atom is 0.221 e. The summed E-state index contributed by atoms with van der Waals surface area (Å²) in [6.45, 7) is 1.48. The minimum atomic E-state index is -0.0909. The summed E-state index contributed by atoms with van der Waals surface area (Å²) in [4.78, 5) is 15.6. The van der Waals surface area contributed by atoms with Crippen molar-refractivity contribution < 1.29 is 9.90 Å². The summed E-state index contributed by atoms with van der Waals surface area (Å²) in [5.41, 5.74) is 3.48. The molecule has 24 heavy (non-hydrogen) atoms. The van der Waals surface area contributed by atoms with E-state index < -0.39 is 0 Å². The van der Waals surface area contributed by atoms with Gasteiger partial charge in [0.15, 0.2) is 5.13 Å². The first-order valence-electron chi connectivity index (χ1n) is 7.00. The molecule has 0 unspecified atom stereocenters. The molecule has 0 saturated heterocycles. The first kappa shape index (κ1) is 18.0. The Kier molecular flexibility index (Phi) is 5.94. The highest BCUT2D eigenvalue weighted by Gasteiger charge is 2.05. The van der Waals surface area contributed by atoms with Crippen LogP contribution in [-0.2, 0) is 4.79 Å². The number of hydrogen-bond acceptors (Lipinski definition) is 5. The summed E-state index contributed by atoms with van der Waals surface area (Å²) in [7, 11) is 0. The standard InChI is InChI=1S/C17H15N3O2S.BrH/c1-11(21)18-13-4-2-12(3-5-13)16-10-23-17(20-16)19-14-6-8-15(22)9-7-14;/h2-10,22H,1H3,(H,18,21)(H,19,20);1H. The lowest BCUT2D eigenvalue weighted by molar-refractivity contribution is -0.114. The summed E-state index contributed by atoms with van der Waals surface area (Å²) in [5, 5.41) is 18.0. The molecule has 0 fully saturated rings. The fourth-order valence-corrected chi connectivity index (χ4v) is 2.80. The second-order valence-electron chi connectivity index (χ2n) is 4.97. The van der Waals surface area contributed by atoms with Crippen molar-refractivity contribution in [3.8, 4) is 17.0 Å². The largest absolute Gasteiger partial charge is 0.508 e. The molecule has 0 atom stereocenters. The van der Waals surface area contributed by atoms with Gasteiger partial charge in [-0.05, 0) is 36.4 Å². The topological polar surface area (TPSA) is 74.2 Å². The van der Waals surface area contributed by atoms with E-state index in [2.05, 4.69) is 15.6 Å². The van der Waals surface area contributed by atoms with Crippen LogP contribution >= 0.6 is 28.3 Å². The van der Waals surface area contributed by atoms with Crippen molar-refractivity contribution in [1.29, 1.82) is 0 Å². The van der Waals surface area contributed by atoms with Gasteiger partial charge in [0.2, 0.25) is 5.91 Å². The fraction of sp³-hybridized carbons (Fsp3) is 0.0588. The molecule has 0 bridgehead atoms. The van der Waals surface area contributed by atoms with Crippen LogP contribution in [0.15, 0.2) is 53.9 Å². The van der Waals surface area contributed by atoms with Crippen molar-refractivity contribution in [2.24, 2.45) is 0 Å². The summed E-state index contributed by atoms with van der Waals surface area (Å²) in [6, 6.07) is 14.4. The van der Waals surface area contributed by atoms with E-state index in [0.29, 0.717) is 0 Å². The number of aromatic nitrogens is 1. The molecule has 3 rings (SSSR count). The van der Waals surface area contributed by atoms with Gasteiger partial charge in [-0.2, -0.15) is 0 Å². The monoisotopic (exact) mass is 405 g/mol. The zero-order chi connectivity index (χ0) is 16.2. The van der Waals surface area contributed by atoms with Gasteiger partial charge in [-0.3, -0.25) is 4.79 Å². The molecule has 3 N–H and O–H groups in total. The lowest BCUT2D eigenvalue weighted by Crippen LogP contribution is -2.05. The van der Waals surface area contributed by atoms with E-state index in [-0.39, 0.29) is 28.6 Å². The Morgan fingerprint density at radius 2 is 1.67 bits per heavy atom. The Hall–Kier alpha value is -2.38. The molecule has 5 nitrogen and oxygen atoms in total. The van der Waals surface area contributed by atoms with Gasteiger partial charge < -0.3 is 15.7 Å². The van der Waals surface area contributed by atoms with Crippen LogP contribution in [-0.4, -0.2) is 16.0 Å². The Morgan fingerprint density at radius 1 is 1.04 bits per heavy atom. The van der Waals surface area contributed by atoms with Crippen LogP contribution in [0.25, 0.3) is 11.3 Å². The molecule has 1 heterocycles. The molecule has 0 saturated carbocycles. The zero-order valence-electron chi connectivity index (χ0n) is 12.8. The third-order valence-electron chi connectivity index (χ3n) is 3.12. The Labute approximate surface area is 154 Å². The van der Waals surface area contributed by atoms with E-state index in [1.165, 1.54) is 18.3 Å². The first-order valence-corrected chi connectivity index (χ1v) is 7.88. The van der Waals surface area contributed by atoms with Gasteiger partial charge in [-0.25, -0.2) is 4.98 Å². The number of amides is 1. The van der Waals surface area contributed by atoms with Gasteiger partial charge in [-0.1, -0.05) is 12.1 Å². The molecule has 3 aromatic rings. The molecule has 2 aromatic carbocycles. The van der Waals surface area contributed by atoms with E-state index in [1.54, 1.807) is 24.3 Å². The van der Waals surface area contributed by atoms with Crippen LogP contribution < -0.4 is 10.6 Å². The fourth-order valence-electron chi connectivity index (χ4n) is 2.06. The Bertz CT molecular complexity index is 817. The smallest absolute Gasteiger partial charge is 0.221 e. The van der Waals surface area contributed by atoms with Crippen molar-refractivity contribution in [3.05, 3.63) is 53.9 Å². The SMILES string of the molecule is Br.CC(=O)Nc1ccc(-c2csc(Nc3ccc(O)cc3)n2)cc1. The molecule has 0 spiro atoms. The second kappa shape index (κ2) is 7.94. The van der Waals surface area contributed by atoms with E-state index >= 15 is 0 Å². The maximum absolute atomic E-state index is 11.0. The molecule has 7 heteroatoms. The van der Waals surface area contributed by atoms with Crippen molar-refractivity contribution in [1.82, 2.24) is 4.98 Å². The molecular formula is C17H16BrN3O2S. The molecule has 0 aliphatic carbocycles. The highest BCUT2D eigenvalue weighted by Crippen LogP contribution is 2.28. The number of phenolic OH excluding ortho intramolecular Hbond substituents is 1. The molecule has 0 aliphatic heterocycles. The second-order valence-corrected chi connectivity index (χ2v) is 5.83. The lowest BCUT2D eigenvalue weighted by Gasteiger charge is -2.03. The van der Waals surface area contributed by atoms with Gasteiger partial charge in [-0.15, -0.1) is 28.3 Å². The zero-order valence-corrected chi connectivity index (χ0v) is 15.3. The van der Waals surface area contributed by atoms with Crippen LogP contribution in [0, 0.1) is 0 Å². The average Bonchev–Trinajstić information content (AvgIpc) is 2.98. The number of aromatic hydroxyl groups is 1. The average molecular weight is 406 g/mol. The minimum absolute atomic E-state index is 0. The number of rotatable bonds is 4. The number of nitrogens with one attached hydrogen (secondary N) is 2. The molecule has 124 valence electrons. The Balaban J connectivity index is 0.00000208. The van der Waals surface area contributed by atoms with E-state index in [9.17, 15) is 9.90 Å². The summed E-state index contributed by atoms with van der Waals surface area (Å²) < 4.78 is 0. The number of hydrogen-bond donors (Lipinski definition) is 3. The molecule has 0 radical (unpaired) electrons. The van der Waals surface area contributed by atoms with E-state index in [1.807, 2.05) is 29.6 Å². The third kappa shape index (κ3) is 4.56. The number of thiazole rings is 1. The number of anilines is 3. The number of halogens is 1. The van der Waals surface area contributed by atoms with Crippen LogP contribution in [0.5, 0.6) is 5.75 Å². The molecule has 0 aliphatic rings. The number of benzene rings is 2. The molecule has 1 aromatic heterocycles. The van der Waals surface area contributed by atoms with Gasteiger partial charge in [0.1, 0.15) is 5.75 Å². The van der Waals surface area contributed by atoms with Crippen LogP contribution in [0.1, 0.15) is 6.92 Å². The molecular weight excluding hydrogens is 390 g/mol. The number of nitrogens with zero attached hydrogens (tertiary/aromatic N) is 1. The number of carbonyl (C=O) groups excluding carboxylic acids is 1. The summed E-state index contributed by atoms with van der Waals surface area (Å²) >= 11 is 1.50. The normalized spacial score (nSPS) is 9.88.